The zero-order valence-electron chi connectivity index (χ0n) is 10.2. The molecule has 2 rings (SSSR count). The molecular formula is C14H12FNO3. The maximum Gasteiger partial charge on any atom is 0.340 e. The summed E-state index contributed by atoms with van der Waals surface area (Å²) in [6.07, 6.45) is 0. The van der Waals surface area contributed by atoms with Crippen LogP contribution in [0.2, 0.25) is 0 Å². The lowest BCUT2D eigenvalue weighted by Crippen LogP contribution is -2.05. The van der Waals surface area contributed by atoms with Crippen molar-refractivity contribution in [1.82, 2.24) is 0 Å². The van der Waals surface area contributed by atoms with Gasteiger partial charge < -0.3 is 15.2 Å². The van der Waals surface area contributed by atoms with E-state index in [0.717, 1.165) is 0 Å². The van der Waals surface area contributed by atoms with Crippen LogP contribution in [-0.4, -0.2) is 13.1 Å². The van der Waals surface area contributed by atoms with Gasteiger partial charge in [-0.3, -0.25) is 0 Å². The Balaban J connectivity index is 2.32. The first-order valence-electron chi connectivity index (χ1n) is 5.52. The van der Waals surface area contributed by atoms with Crippen LogP contribution in [0.15, 0.2) is 42.5 Å². The van der Waals surface area contributed by atoms with E-state index in [1.807, 2.05) is 0 Å². The molecule has 0 unspecified atom stereocenters. The van der Waals surface area contributed by atoms with E-state index in [1.54, 1.807) is 18.2 Å². The van der Waals surface area contributed by atoms with E-state index in [2.05, 4.69) is 4.74 Å². The molecule has 0 heterocycles. The molecule has 2 N–H and O–H groups in total. The summed E-state index contributed by atoms with van der Waals surface area (Å²) < 4.78 is 23.4. The second kappa shape index (κ2) is 5.39. The summed E-state index contributed by atoms with van der Waals surface area (Å²) in [6, 6.07) is 10.4. The molecule has 0 amide bonds. The molecule has 0 aliphatic carbocycles. The number of anilines is 1. The highest BCUT2D eigenvalue weighted by Crippen LogP contribution is 2.27. The molecule has 0 atom stereocenters. The number of nitrogen functional groups attached to an aromatic ring is 1. The fourth-order valence-electron chi connectivity index (χ4n) is 1.54. The predicted octanol–water partition coefficient (Wildman–Crippen LogP) is 2.99. The molecule has 0 saturated carbocycles. The number of hydrogen-bond acceptors (Lipinski definition) is 4. The van der Waals surface area contributed by atoms with Gasteiger partial charge in [0, 0.05) is 5.69 Å². The summed E-state index contributed by atoms with van der Waals surface area (Å²) >= 11 is 0. The molecule has 5 heteroatoms. The van der Waals surface area contributed by atoms with Crippen molar-refractivity contribution in [2.24, 2.45) is 0 Å². The molecule has 0 saturated heterocycles. The van der Waals surface area contributed by atoms with Gasteiger partial charge in [0.25, 0.3) is 0 Å². The molecular weight excluding hydrogens is 249 g/mol. The Labute approximate surface area is 109 Å². The van der Waals surface area contributed by atoms with Gasteiger partial charge in [0.05, 0.1) is 12.7 Å². The fourth-order valence-corrected chi connectivity index (χ4v) is 1.54. The van der Waals surface area contributed by atoms with Crippen molar-refractivity contribution < 1.29 is 18.7 Å². The first-order valence-corrected chi connectivity index (χ1v) is 5.52. The zero-order valence-corrected chi connectivity index (χ0v) is 10.2. The van der Waals surface area contributed by atoms with Gasteiger partial charge in [-0.15, -0.1) is 0 Å². The number of esters is 1. The van der Waals surface area contributed by atoms with Gasteiger partial charge in [-0.25, -0.2) is 9.18 Å². The number of benzene rings is 2. The Bertz CT molecular complexity index is 613. The lowest BCUT2D eigenvalue weighted by molar-refractivity contribution is 0.0601. The summed E-state index contributed by atoms with van der Waals surface area (Å²) in [5.41, 5.74) is 6.11. The van der Waals surface area contributed by atoms with Crippen molar-refractivity contribution in [2.75, 3.05) is 12.8 Å². The SMILES string of the molecule is COC(=O)c1cc(Oc2ccccc2F)ccc1N. The Morgan fingerprint density at radius 3 is 2.63 bits per heavy atom. The highest BCUT2D eigenvalue weighted by atomic mass is 19.1. The molecule has 4 nitrogen and oxygen atoms in total. The van der Waals surface area contributed by atoms with Crippen LogP contribution >= 0.6 is 0 Å². The number of methoxy groups -OCH3 is 1. The van der Waals surface area contributed by atoms with E-state index in [1.165, 1.54) is 31.4 Å². The number of ether oxygens (including phenoxy) is 2. The van der Waals surface area contributed by atoms with Crippen LogP contribution in [0.25, 0.3) is 0 Å². The summed E-state index contributed by atoms with van der Waals surface area (Å²) in [5.74, 6) is -0.682. The van der Waals surface area contributed by atoms with E-state index in [4.69, 9.17) is 10.5 Å². The van der Waals surface area contributed by atoms with Gasteiger partial charge in [0.15, 0.2) is 11.6 Å². The van der Waals surface area contributed by atoms with Crippen LogP contribution in [-0.2, 0) is 4.74 Å². The van der Waals surface area contributed by atoms with Gasteiger partial charge in [-0.1, -0.05) is 12.1 Å². The molecule has 2 aromatic carbocycles. The van der Waals surface area contributed by atoms with Crippen LogP contribution in [0.5, 0.6) is 11.5 Å². The molecule has 2 aromatic rings. The third-order valence-electron chi connectivity index (χ3n) is 2.49. The Morgan fingerprint density at radius 2 is 1.95 bits per heavy atom. The number of carbonyl (C=O) groups excluding carboxylic acids is 1. The normalized spacial score (nSPS) is 10.0. The maximum atomic E-state index is 13.4. The number of para-hydroxylation sites is 1. The molecule has 0 bridgehead atoms. The topological polar surface area (TPSA) is 61.5 Å². The Kier molecular flexibility index (Phi) is 3.66. The summed E-state index contributed by atoms with van der Waals surface area (Å²) in [5, 5.41) is 0. The van der Waals surface area contributed by atoms with Crippen molar-refractivity contribution in [3.05, 3.63) is 53.8 Å². The van der Waals surface area contributed by atoms with Crippen molar-refractivity contribution in [2.45, 2.75) is 0 Å². The molecule has 0 radical (unpaired) electrons. The van der Waals surface area contributed by atoms with E-state index in [-0.39, 0.29) is 17.0 Å². The van der Waals surface area contributed by atoms with E-state index in [0.29, 0.717) is 5.75 Å². The lowest BCUT2D eigenvalue weighted by atomic mass is 10.1. The third kappa shape index (κ3) is 2.82. The summed E-state index contributed by atoms with van der Waals surface area (Å²) in [7, 11) is 1.26. The van der Waals surface area contributed by atoms with Crippen LogP contribution in [0.1, 0.15) is 10.4 Å². The lowest BCUT2D eigenvalue weighted by Gasteiger charge is -2.09. The highest BCUT2D eigenvalue weighted by Gasteiger charge is 2.12. The maximum absolute atomic E-state index is 13.4. The smallest absolute Gasteiger partial charge is 0.340 e. The van der Waals surface area contributed by atoms with Crippen LogP contribution in [0, 0.1) is 5.82 Å². The van der Waals surface area contributed by atoms with E-state index >= 15 is 0 Å². The number of rotatable bonds is 3. The van der Waals surface area contributed by atoms with Crippen LogP contribution in [0.3, 0.4) is 0 Å². The fraction of sp³-hybridized carbons (Fsp3) is 0.0714. The minimum atomic E-state index is -0.573. The highest BCUT2D eigenvalue weighted by molar-refractivity contribution is 5.95. The average Bonchev–Trinajstić information content (AvgIpc) is 2.42. The number of halogens is 1. The third-order valence-corrected chi connectivity index (χ3v) is 2.49. The van der Waals surface area contributed by atoms with Gasteiger partial charge >= 0.3 is 5.97 Å². The molecule has 0 fully saturated rings. The van der Waals surface area contributed by atoms with Crippen molar-refractivity contribution in [1.29, 1.82) is 0 Å². The number of carbonyl (C=O) groups is 1. The molecule has 98 valence electrons. The second-order valence-corrected chi connectivity index (χ2v) is 3.77. The van der Waals surface area contributed by atoms with E-state index in [9.17, 15) is 9.18 Å². The predicted molar refractivity (Wildman–Crippen MR) is 68.7 cm³/mol. The molecule has 0 aliphatic rings. The largest absolute Gasteiger partial charge is 0.465 e. The average molecular weight is 261 g/mol. The molecule has 19 heavy (non-hydrogen) atoms. The van der Waals surface area contributed by atoms with Crippen LogP contribution in [0.4, 0.5) is 10.1 Å². The van der Waals surface area contributed by atoms with Crippen molar-refractivity contribution in [3.8, 4) is 11.5 Å². The minimum Gasteiger partial charge on any atom is -0.465 e. The Morgan fingerprint density at radius 1 is 1.21 bits per heavy atom. The molecule has 0 aromatic heterocycles. The van der Waals surface area contributed by atoms with Crippen molar-refractivity contribution >= 4 is 11.7 Å². The summed E-state index contributed by atoms with van der Waals surface area (Å²) in [4.78, 5) is 11.5. The van der Waals surface area contributed by atoms with Gasteiger partial charge in [-0.2, -0.15) is 0 Å². The Hall–Kier alpha value is -2.56. The second-order valence-electron chi connectivity index (χ2n) is 3.77. The molecule has 0 aliphatic heterocycles. The first kappa shape index (κ1) is 12.9. The van der Waals surface area contributed by atoms with Crippen LogP contribution < -0.4 is 10.5 Å². The first-order chi connectivity index (χ1) is 9.11. The zero-order chi connectivity index (χ0) is 13.8. The minimum absolute atomic E-state index is 0.0723. The van der Waals surface area contributed by atoms with E-state index < -0.39 is 11.8 Å². The standard InChI is InChI=1S/C14H12FNO3/c1-18-14(17)10-8-9(6-7-12(10)16)19-13-5-3-2-4-11(13)15/h2-8H,16H2,1H3. The van der Waals surface area contributed by atoms with Gasteiger partial charge in [0.1, 0.15) is 5.75 Å². The van der Waals surface area contributed by atoms with Gasteiger partial charge in [0.2, 0.25) is 0 Å². The quantitative estimate of drug-likeness (QED) is 0.681. The van der Waals surface area contributed by atoms with Crippen molar-refractivity contribution in [3.63, 3.8) is 0 Å². The molecule has 0 spiro atoms. The van der Waals surface area contributed by atoms with Gasteiger partial charge in [-0.05, 0) is 30.3 Å². The monoisotopic (exact) mass is 261 g/mol. The summed E-state index contributed by atoms with van der Waals surface area (Å²) in [6.45, 7) is 0. The number of nitrogens with two attached hydrogens (primary N) is 1. The number of hydrogen-bond donors (Lipinski definition) is 1.